The molecule has 6 nitrogen and oxygen atoms in total. The Balaban J connectivity index is 1.36. The Morgan fingerprint density at radius 1 is 0.971 bits per heavy atom. The second-order valence-corrected chi connectivity index (χ2v) is 9.09. The number of carbonyl (C=O) groups excluding carboxylic acids is 2. The standard InChI is InChI=1S/C28H29N3O3S/c1-3-34-22-14-12-21(13-15-22)30-27(32)19-35-26-18-31(25-11-7-6-10-24(25)26)17-16-29-28(33)23-9-5-4-8-20(23)2/h4-15,18H,3,16-17,19H2,1-2H3,(H,29,33)(H,30,32). The van der Waals surface area contributed by atoms with Gasteiger partial charge in [0.25, 0.3) is 5.91 Å². The Bertz CT molecular complexity index is 1310. The summed E-state index contributed by atoms with van der Waals surface area (Å²) in [5.74, 6) is 0.940. The largest absolute Gasteiger partial charge is 0.494 e. The number of thioether (sulfide) groups is 1. The molecule has 0 spiro atoms. The molecule has 0 aliphatic carbocycles. The fourth-order valence-electron chi connectivity index (χ4n) is 3.87. The van der Waals surface area contributed by atoms with Crippen LogP contribution >= 0.6 is 11.8 Å². The van der Waals surface area contributed by atoms with Gasteiger partial charge >= 0.3 is 0 Å². The van der Waals surface area contributed by atoms with E-state index >= 15 is 0 Å². The molecule has 1 aromatic heterocycles. The highest BCUT2D eigenvalue weighted by Gasteiger charge is 2.12. The van der Waals surface area contributed by atoms with Crippen LogP contribution in [0, 0.1) is 6.92 Å². The number of carbonyl (C=O) groups is 2. The van der Waals surface area contributed by atoms with Crippen molar-refractivity contribution in [1.29, 1.82) is 0 Å². The van der Waals surface area contributed by atoms with E-state index in [1.54, 1.807) is 0 Å². The lowest BCUT2D eigenvalue weighted by Crippen LogP contribution is -2.27. The first kappa shape index (κ1) is 24.4. The van der Waals surface area contributed by atoms with Crippen LogP contribution in [0.1, 0.15) is 22.8 Å². The highest BCUT2D eigenvalue weighted by atomic mass is 32.2. The van der Waals surface area contributed by atoms with Gasteiger partial charge in [-0.05, 0) is 55.8 Å². The third-order valence-electron chi connectivity index (χ3n) is 5.59. The Kier molecular flexibility index (Phi) is 8.11. The lowest BCUT2D eigenvalue weighted by atomic mass is 10.1. The first-order chi connectivity index (χ1) is 17.0. The fraction of sp³-hybridized carbons (Fsp3) is 0.214. The van der Waals surface area contributed by atoms with E-state index in [0.717, 1.165) is 32.8 Å². The zero-order valence-electron chi connectivity index (χ0n) is 19.9. The number of benzene rings is 3. The SMILES string of the molecule is CCOc1ccc(NC(=O)CSc2cn(CCNC(=O)c3ccccc3C)c3ccccc23)cc1. The minimum atomic E-state index is -0.0693. The molecule has 0 aliphatic heterocycles. The molecule has 0 radical (unpaired) electrons. The van der Waals surface area contributed by atoms with Crippen LogP contribution in [-0.2, 0) is 11.3 Å². The van der Waals surface area contributed by atoms with Crippen molar-refractivity contribution < 1.29 is 14.3 Å². The highest BCUT2D eigenvalue weighted by molar-refractivity contribution is 8.00. The summed E-state index contributed by atoms with van der Waals surface area (Å²) in [6.07, 6.45) is 2.05. The predicted octanol–water partition coefficient (Wildman–Crippen LogP) is 5.51. The average Bonchev–Trinajstić information content (AvgIpc) is 3.22. The zero-order valence-corrected chi connectivity index (χ0v) is 20.7. The van der Waals surface area contributed by atoms with Gasteiger partial charge in [0.15, 0.2) is 0 Å². The van der Waals surface area contributed by atoms with Crippen molar-refractivity contribution in [1.82, 2.24) is 9.88 Å². The number of anilines is 1. The van der Waals surface area contributed by atoms with E-state index < -0.39 is 0 Å². The molecule has 0 fully saturated rings. The Morgan fingerprint density at radius 2 is 1.71 bits per heavy atom. The molecule has 0 saturated heterocycles. The Hall–Kier alpha value is -3.71. The van der Waals surface area contributed by atoms with Crippen LogP contribution in [0.25, 0.3) is 10.9 Å². The number of aryl methyl sites for hydroxylation is 1. The van der Waals surface area contributed by atoms with Crippen molar-refractivity contribution in [2.75, 3.05) is 24.2 Å². The minimum absolute atomic E-state index is 0.0681. The number of ether oxygens (including phenoxy) is 1. The van der Waals surface area contributed by atoms with E-state index in [1.807, 2.05) is 74.5 Å². The summed E-state index contributed by atoms with van der Waals surface area (Å²) in [7, 11) is 0. The molecular weight excluding hydrogens is 458 g/mol. The van der Waals surface area contributed by atoms with Gasteiger partial charge in [-0.3, -0.25) is 9.59 Å². The van der Waals surface area contributed by atoms with Crippen LogP contribution in [0.2, 0.25) is 0 Å². The maximum absolute atomic E-state index is 12.5. The van der Waals surface area contributed by atoms with Gasteiger partial charge in [0.1, 0.15) is 5.75 Å². The molecule has 4 rings (SSSR count). The van der Waals surface area contributed by atoms with Crippen molar-refractivity contribution in [3.63, 3.8) is 0 Å². The summed E-state index contributed by atoms with van der Waals surface area (Å²) in [5, 5.41) is 7.04. The highest BCUT2D eigenvalue weighted by Crippen LogP contribution is 2.30. The van der Waals surface area contributed by atoms with Crippen molar-refractivity contribution in [2.24, 2.45) is 0 Å². The molecule has 1 heterocycles. The molecular formula is C28H29N3O3S. The van der Waals surface area contributed by atoms with Crippen molar-refractivity contribution in [2.45, 2.75) is 25.3 Å². The molecule has 2 amide bonds. The Labute approximate surface area is 209 Å². The first-order valence-corrected chi connectivity index (χ1v) is 12.6. The van der Waals surface area contributed by atoms with E-state index in [0.29, 0.717) is 31.0 Å². The zero-order chi connectivity index (χ0) is 24.6. The first-order valence-electron chi connectivity index (χ1n) is 11.6. The summed E-state index contributed by atoms with van der Waals surface area (Å²) >= 11 is 1.50. The lowest BCUT2D eigenvalue weighted by molar-refractivity contribution is -0.113. The quantitative estimate of drug-likeness (QED) is 0.289. The maximum Gasteiger partial charge on any atom is 0.251 e. The van der Waals surface area contributed by atoms with E-state index in [-0.39, 0.29) is 11.8 Å². The van der Waals surface area contributed by atoms with Crippen LogP contribution in [-0.4, -0.2) is 35.3 Å². The van der Waals surface area contributed by atoms with Gasteiger partial charge in [-0.15, -0.1) is 11.8 Å². The van der Waals surface area contributed by atoms with Crippen LogP contribution in [0.5, 0.6) is 5.75 Å². The molecule has 180 valence electrons. The summed E-state index contributed by atoms with van der Waals surface area (Å²) in [5.41, 5.74) is 3.47. The summed E-state index contributed by atoms with van der Waals surface area (Å²) < 4.78 is 7.57. The minimum Gasteiger partial charge on any atom is -0.494 e. The number of para-hydroxylation sites is 1. The smallest absolute Gasteiger partial charge is 0.251 e. The van der Waals surface area contributed by atoms with Gasteiger partial charge in [0.2, 0.25) is 5.91 Å². The molecule has 0 saturated carbocycles. The normalized spacial score (nSPS) is 10.8. The van der Waals surface area contributed by atoms with Crippen LogP contribution in [0.3, 0.4) is 0 Å². The molecule has 35 heavy (non-hydrogen) atoms. The second kappa shape index (κ2) is 11.6. The van der Waals surface area contributed by atoms with Crippen molar-refractivity contribution >= 4 is 40.2 Å². The van der Waals surface area contributed by atoms with Crippen molar-refractivity contribution in [3.05, 3.63) is 90.1 Å². The average molecular weight is 488 g/mol. The number of nitrogens with one attached hydrogen (secondary N) is 2. The van der Waals surface area contributed by atoms with Gasteiger partial charge in [0, 0.05) is 46.3 Å². The number of rotatable bonds is 10. The van der Waals surface area contributed by atoms with Gasteiger partial charge < -0.3 is 19.9 Å². The number of hydrogen-bond donors (Lipinski definition) is 2. The van der Waals surface area contributed by atoms with E-state index in [1.165, 1.54) is 11.8 Å². The van der Waals surface area contributed by atoms with Crippen LogP contribution in [0.4, 0.5) is 5.69 Å². The summed E-state index contributed by atoms with van der Waals surface area (Å²) in [4.78, 5) is 26.1. The number of amides is 2. The number of hydrogen-bond acceptors (Lipinski definition) is 4. The third-order valence-corrected chi connectivity index (χ3v) is 6.63. The third kappa shape index (κ3) is 6.25. The maximum atomic E-state index is 12.5. The molecule has 0 aliphatic rings. The monoisotopic (exact) mass is 487 g/mol. The number of fused-ring (bicyclic) bond motifs is 1. The molecule has 0 unspecified atom stereocenters. The Morgan fingerprint density at radius 3 is 2.49 bits per heavy atom. The molecule has 0 atom stereocenters. The fourth-order valence-corrected chi connectivity index (χ4v) is 4.76. The van der Waals surface area contributed by atoms with Crippen LogP contribution < -0.4 is 15.4 Å². The van der Waals surface area contributed by atoms with Gasteiger partial charge in [-0.25, -0.2) is 0 Å². The number of nitrogens with zero attached hydrogens (tertiary/aromatic N) is 1. The molecule has 2 N–H and O–H groups in total. The summed E-state index contributed by atoms with van der Waals surface area (Å²) in [6, 6.07) is 23.0. The lowest BCUT2D eigenvalue weighted by Gasteiger charge is -2.09. The van der Waals surface area contributed by atoms with E-state index in [2.05, 4.69) is 33.5 Å². The van der Waals surface area contributed by atoms with Gasteiger partial charge in [-0.2, -0.15) is 0 Å². The van der Waals surface area contributed by atoms with E-state index in [4.69, 9.17) is 4.74 Å². The predicted molar refractivity (Wildman–Crippen MR) is 142 cm³/mol. The molecule has 3 aromatic carbocycles. The van der Waals surface area contributed by atoms with E-state index in [9.17, 15) is 9.59 Å². The number of aromatic nitrogens is 1. The second-order valence-electron chi connectivity index (χ2n) is 8.07. The molecule has 7 heteroatoms. The molecule has 0 bridgehead atoms. The van der Waals surface area contributed by atoms with Crippen LogP contribution in [0.15, 0.2) is 83.9 Å². The summed E-state index contributed by atoms with van der Waals surface area (Å²) in [6.45, 7) is 5.62. The van der Waals surface area contributed by atoms with Gasteiger partial charge in [0.05, 0.1) is 12.4 Å². The molecule has 4 aromatic rings. The van der Waals surface area contributed by atoms with Crippen molar-refractivity contribution in [3.8, 4) is 5.75 Å². The topological polar surface area (TPSA) is 72.4 Å². The van der Waals surface area contributed by atoms with Gasteiger partial charge in [-0.1, -0.05) is 36.4 Å².